The number of nitrogens with zero attached hydrogens (tertiary/aromatic N) is 1. The summed E-state index contributed by atoms with van der Waals surface area (Å²) >= 11 is 1.95. The van der Waals surface area contributed by atoms with Gasteiger partial charge < -0.3 is 5.73 Å². The lowest BCUT2D eigenvalue weighted by Gasteiger charge is -2.19. The Morgan fingerprint density at radius 3 is 2.00 bits per heavy atom. The summed E-state index contributed by atoms with van der Waals surface area (Å²) < 4.78 is 0. The number of aryl methyl sites for hydroxylation is 2. The number of rotatable bonds is 1. The quantitative estimate of drug-likeness (QED) is 0.785. The molecule has 118 valence electrons. The summed E-state index contributed by atoms with van der Waals surface area (Å²) in [5.74, 6) is 0. The third kappa shape index (κ3) is 3.87. The largest absolute Gasteiger partial charge is 0.319 e. The van der Waals surface area contributed by atoms with Crippen molar-refractivity contribution in [2.24, 2.45) is 5.73 Å². The van der Waals surface area contributed by atoms with Crippen LogP contribution in [0.15, 0.2) is 0 Å². The summed E-state index contributed by atoms with van der Waals surface area (Å²) in [5, 5.41) is 1.25. The molecule has 2 nitrogen and oxygen atoms in total. The van der Waals surface area contributed by atoms with E-state index in [1.165, 1.54) is 87.8 Å². The summed E-state index contributed by atoms with van der Waals surface area (Å²) in [6.45, 7) is 0. The minimum absolute atomic E-state index is 0.0916. The van der Waals surface area contributed by atoms with Crippen LogP contribution in [0.2, 0.25) is 0 Å². The third-order valence-electron chi connectivity index (χ3n) is 5.27. The highest BCUT2D eigenvalue weighted by Crippen LogP contribution is 2.39. The number of hydrogen-bond donors (Lipinski definition) is 1. The Kier molecular flexibility index (Phi) is 5.33. The molecule has 0 spiro atoms. The second kappa shape index (κ2) is 7.23. The topological polar surface area (TPSA) is 38.9 Å². The van der Waals surface area contributed by atoms with Gasteiger partial charge >= 0.3 is 0 Å². The Labute approximate surface area is 133 Å². The van der Waals surface area contributed by atoms with Gasteiger partial charge in [0.05, 0.1) is 11.2 Å². The van der Waals surface area contributed by atoms with Crippen molar-refractivity contribution in [3.05, 3.63) is 15.6 Å². The first-order chi connectivity index (χ1) is 10.3. The van der Waals surface area contributed by atoms with Crippen molar-refractivity contribution in [1.29, 1.82) is 0 Å². The maximum Gasteiger partial charge on any atom is 0.113 e. The summed E-state index contributed by atoms with van der Waals surface area (Å²) in [6, 6.07) is 0. The van der Waals surface area contributed by atoms with Crippen LogP contribution in [-0.4, -0.2) is 4.98 Å². The van der Waals surface area contributed by atoms with Crippen molar-refractivity contribution in [2.45, 2.75) is 95.4 Å². The normalized spacial score (nSPS) is 24.0. The fourth-order valence-electron chi connectivity index (χ4n) is 3.85. The molecule has 3 rings (SSSR count). The fourth-order valence-corrected chi connectivity index (χ4v) is 5.15. The lowest BCUT2D eigenvalue weighted by Crippen LogP contribution is -2.32. The van der Waals surface area contributed by atoms with E-state index in [1.807, 2.05) is 11.3 Å². The predicted octanol–water partition coefficient (Wildman–Crippen LogP) is 5.09. The highest BCUT2D eigenvalue weighted by Gasteiger charge is 2.34. The van der Waals surface area contributed by atoms with Crippen LogP contribution in [0, 0.1) is 0 Å². The van der Waals surface area contributed by atoms with Gasteiger partial charge in [0.1, 0.15) is 5.01 Å². The average molecular weight is 307 g/mol. The van der Waals surface area contributed by atoms with Gasteiger partial charge in [-0.15, -0.1) is 11.3 Å². The lowest BCUT2D eigenvalue weighted by molar-refractivity contribution is 0.457. The molecule has 1 aromatic rings. The molecule has 0 unspecified atom stereocenters. The van der Waals surface area contributed by atoms with Gasteiger partial charge in [0, 0.05) is 4.88 Å². The number of fused-ring (bicyclic) bond motifs is 1. The molecule has 0 aromatic carbocycles. The van der Waals surface area contributed by atoms with Crippen molar-refractivity contribution in [3.63, 3.8) is 0 Å². The van der Waals surface area contributed by atoms with Gasteiger partial charge in [-0.2, -0.15) is 0 Å². The lowest BCUT2D eigenvalue weighted by atomic mass is 10.00. The van der Waals surface area contributed by atoms with Crippen LogP contribution in [0.3, 0.4) is 0 Å². The Bertz CT molecular complexity index is 417. The maximum atomic E-state index is 6.63. The molecule has 1 heterocycles. The van der Waals surface area contributed by atoms with Gasteiger partial charge in [-0.25, -0.2) is 4.98 Å². The van der Waals surface area contributed by atoms with Crippen LogP contribution in [-0.2, 0) is 18.4 Å². The second-order valence-corrected chi connectivity index (χ2v) is 8.16. The monoisotopic (exact) mass is 306 g/mol. The van der Waals surface area contributed by atoms with Crippen LogP contribution >= 0.6 is 11.3 Å². The van der Waals surface area contributed by atoms with Crippen LogP contribution in [0.4, 0.5) is 0 Å². The first-order valence-corrected chi connectivity index (χ1v) is 9.87. The number of nitrogens with two attached hydrogens (primary N) is 1. The molecule has 0 aliphatic heterocycles. The first-order valence-electron chi connectivity index (χ1n) is 9.06. The van der Waals surface area contributed by atoms with Gasteiger partial charge in [0.15, 0.2) is 0 Å². The predicted molar refractivity (Wildman–Crippen MR) is 90.8 cm³/mol. The molecule has 0 bridgehead atoms. The highest BCUT2D eigenvalue weighted by atomic mass is 32.1. The van der Waals surface area contributed by atoms with E-state index in [0.29, 0.717) is 0 Å². The van der Waals surface area contributed by atoms with E-state index in [1.54, 1.807) is 4.88 Å². The summed E-state index contributed by atoms with van der Waals surface area (Å²) in [6.07, 6.45) is 18.4. The second-order valence-electron chi connectivity index (χ2n) is 7.08. The molecular formula is C18H30N2S. The van der Waals surface area contributed by atoms with Crippen molar-refractivity contribution in [1.82, 2.24) is 4.98 Å². The minimum atomic E-state index is -0.0916. The van der Waals surface area contributed by atoms with Crippen LogP contribution < -0.4 is 5.73 Å². The zero-order valence-electron chi connectivity index (χ0n) is 13.3. The van der Waals surface area contributed by atoms with Crippen molar-refractivity contribution in [3.8, 4) is 0 Å². The van der Waals surface area contributed by atoms with Crippen molar-refractivity contribution < 1.29 is 0 Å². The Hall–Kier alpha value is -0.410. The third-order valence-corrected chi connectivity index (χ3v) is 6.64. The van der Waals surface area contributed by atoms with E-state index in [4.69, 9.17) is 10.7 Å². The first kappa shape index (κ1) is 15.5. The van der Waals surface area contributed by atoms with E-state index in [0.717, 1.165) is 12.8 Å². The minimum Gasteiger partial charge on any atom is -0.319 e. The molecule has 1 saturated carbocycles. The zero-order chi connectivity index (χ0) is 14.5. The standard InChI is InChI=1S/C18H30N2S/c19-18(13-9-10-14-18)17-20-15-11-7-5-3-1-2-4-6-8-12-16(15)21-17/h1-14,19H2. The smallest absolute Gasteiger partial charge is 0.113 e. The van der Waals surface area contributed by atoms with E-state index in [-0.39, 0.29) is 5.54 Å². The molecule has 2 aliphatic carbocycles. The molecular weight excluding hydrogens is 276 g/mol. The van der Waals surface area contributed by atoms with E-state index in [2.05, 4.69) is 0 Å². The van der Waals surface area contributed by atoms with E-state index < -0.39 is 0 Å². The molecule has 0 radical (unpaired) electrons. The molecule has 2 N–H and O–H groups in total. The molecule has 2 aliphatic rings. The molecule has 0 amide bonds. The molecule has 1 fully saturated rings. The molecule has 0 saturated heterocycles. The number of hydrogen-bond acceptors (Lipinski definition) is 3. The van der Waals surface area contributed by atoms with Crippen LogP contribution in [0.5, 0.6) is 0 Å². The maximum absolute atomic E-state index is 6.63. The molecule has 3 heteroatoms. The van der Waals surface area contributed by atoms with Gasteiger partial charge in [-0.05, 0) is 38.5 Å². The number of aromatic nitrogens is 1. The summed E-state index contributed by atoms with van der Waals surface area (Å²) in [4.78, 5) is 6.58. The molecule has 21 heavy (non-hydrogen) atoms. The highest BCUT2D eigenvalue weighted by molar-refractivity contribution is 7.11. The average Bonchev–Trinajstić information content (AvgIpc) is 3.07. The Balaban J connectivity index is 1.75. The van der Waals surface area contributed by atoms with E-state index >= 15 is 0 Å². The van der Waals surface area contributed by atoms with Crippen molar-refractivity contribution in [2.75, 3.05) is 0 Å². The molecule has 0 atom stereocenters. The zero-order valence-corrected chi connectivity index (χ0v) is 14.1. The van der Waals surface area contributed by atoms with E-state index in [9.17, 15) is 0 Å². The van der Waals surface area contributed by atoms with Crippen LogP contribution in [0.1, 0.15) is 92.6 Å². The molecule has 1 aromatic heterocycles. The van der Waals surface area contributed by atoms with Gasteiger partial charge in [0.2, 0.25) is 0 Å². The van der Waals surface area contributed by atoms with Gasteiger partial charge in [-0.3, -0.25) is 0 Å². The SMILES string of the molecule is NC1(c2nc3c(s2)CCCCCCCCCC3)CCCC1. The summed E-state index contributed by atoms with van der Waals surface area (Å²) in [7, 11) is 0. The number of thiazole rings is 1. The van der Waals surface area contributed by atoms with Gasteiger partial charge in [0.25, 0.3) is 0 Å². The fraction of sp³-hybridized carbons (Fsp3) is 0.833. The van der Waals surface area contributed by atoms with Crippen molar-refractivity contribution >= 4 is 11.3 Å². The Morgan fingerprint density at radius 2 is 1.33 bits per heavy atom. The summed E-state index contributed by atoms with van der Waals surface area (Å²) in [5.41, 5.74) is 7.93. The van der Waals surface area contributed by atoms with Gasteiger partial charge in [-0.1, -0.05) is 51.4 Å². The van der Waals surface area contributed by atoms with Crippen LogP contribution in [0.25, 0.3) is 0 Å². The Morgan fingerprint density at radius 1 is 0.762 bits per heavy atom.